The minimum atomic E-state index is -0.244. The van der Waals surface area contributed by atoms with Gasteiger partial charge >= 0.3 is 0 Å². The molecule has 128 valence electrons. The van der Waals surface area contributed by atoms with Gasteiger partial charge in [0.1, 0.15) is 11.6 Å². The van der Waals surface area contributed by atoms with Crippen molar-refractivity contribution in [2.45, 2.75) is 25.1 Å². The lowest BCUT2D eigenvalue weighted by Crippen LogP contribution is -2.29. The molecule has 5 heteroatoms. The fraction of sp³-hybridized carbons (Fsp3) is 0.316. The predicted octanol–water partition coefficient (Wildman–Crippen LogP) is 4.34. The summed E-state index contributed by atoms with van der Waals surface area (Å²) in [4.78, 5) is 12.1. The van der Waals surface area contributed by atoms with Crippen LogP contribution < -0.4 is 10.1 Å². The summed E-state index contributed by atoms with van der Waals surface area (Å²) in [6.07, 6.45) is 0.820. The third kappa shape index (κ3) is 5.57. The largest absolute Gasteiger partial charge is 0.497 e. The fourth-order valence-electron chi connectivity index (χ4n) is 2.34. The highest BCUT2D eigenvalue weighted by Gasteiger charge is 2.12. The zero-order valence-corrected chi connectivity index (χ0v) is 14.7. The molecule has 3 nitrogen and oxygen atoms in total. The molecule has 1 atom stereocenters. The van der Waals surface area contributed by atoms with E-state index >= 15 is 0 Å². The molecule has 0 radical (unpaired) electrons. The van der Waals surface area contributed by atoms with Crippen LogP contribution >= 0.6 is 11.8 Å². The van der Waals surface area contributed by atoms with Crippen LogP contribution in [0.25, 0.3) is 0 Å². The van der Waals surface area contributed by atoms with Gasteiger partial charge in [-0.3, -0.25) is 4.79 Å². The Bertz CT molecular complexity index is 643. The molecule has 1 amide bonds. The summed E-state index contributed by atoms with van der Waals surface area (Å²) in [6, 6.07) is 14.1. The second-order valence-corrected chi connectivity index (χ2v) is 6.41. The van der Waals surface area contributed by atoms with E-state index in [1.807, 2.05) is 31.2 Å². The van der Waals surface area contributed by atoms with Crippen molar-refractivity contribution in [3.8, 4) is 5.75 Å². The number of rotatable bonds is 8. The van der Waals surface area contributed by atoms with E-state index in [1.54, 1.807) is 19.2 Å². The van der Waals surface area contributed by atoms with Crippen LogP contribution in [0.15, 0.2) is 48.5 Å². The zero-order chi connectivity index (χ0) is 17.4. The highest BCUT2D eigenvalue weighted by Crippen LogP contribution is 2.20. The van der Waals surface area contributed by atoms with Gasteiger partial charge in [0.05, 0.1) is 18.9 Å². The fourth-order valence-corrected chi connectivity index (χ4v) is 3.13. The Morgan fingerprint density at radius 2 is 1.83 bits per heavy atom. The first kappa shape index (κ1) is 18.3. The number of benzene rings is 2. The van der Waals surface area contributed by atoms with Crippen molar-refractivity contribution in [3.63, 3.8) is 0 Å². The van der Waals surface area contributed by atoms with Gasteiger partial charge in [-0.1, -0.05) is 31.2 Å². The first-order chi connectivity index (χ1) is 11.6. The second-order valence-electron chi connectivity index (χ2n) is 5.42. The second kappa shape index (κ2) is 9.33. The maximum atomic E-state index is 12.8. The molecule has 0 spiro atoms. The summed E-state index contributed by atoms with van der Waals surface area (Å²) in [6.45, 7) is 2.04. The topological polar surface area (TPSA) is 38.3 Å². The Hall–Kier alpha value is -2.01. The molecule has 24 heavy (non-hydrogen) atoms. The van der Waals surface area contributed by atoms with Gasteiger partial charge in [-0.25, -0.2) is 4.39 Å². The lowest BCUT2D eigenvalue weighted by molar-refractivity contribution is -0.119. The molecule has 2 aromatic carbocycles. The van der Waals surface area contributed by atoms with E-state index in [9.17, 15) is 9.18 Å². The van der Waals surface area contributed by atoms with Gasteiger partial charge in [-0.2, -0.15) is 0 Å². The van der Waals surface area contributed by atoms with E-state index in [4.69, 9.17) is 4.74 Å². The minimum absolute atomic E-state index is 0.00443. The van der Waals surface area contributed by atoms with Crippen LogP contribution in [0, 0.1) is 5.82 Å². The number of hydrogen-bond acceptors (Lipinski definition) is 3. The van der Waals surface area contributed by atoms with Crippen LogP contribution in [0.4, 0.5) is 4.39 Å². The van der Waals surface area contributed by atoms with E-state index in [-0.39, 0.29) is 17.8 Å². The molecule has 1 N–H and O–H groups in total. The monoisotopic (exact) mass is 347 g/mol. The summed E-state index contributed by atoms with van der Waals surface area (Å²) in [7, 11) is 1.63. The number of nitrogens with one attached hydrogen (secondary N) is 1. The summed E-state index contributed by atoms with van der Waals surface area (Å²) >= 11 is 1.52. The molecular weight excluding hydrogens is 325 g/mol. The number of methoxy groups -OCH3 is 1. The van der Waals surface area contributed by atoms with E-state index in [0.29, 0.717) is 11.5 Å². The molecule has 0 aliphatic carbocycles. The van der Waals surface area contributed by atoms with Crippen molar-refractivity contribution in [2.24, 2.45) is 0 Å². The Kier molecular flexibility index (Phi) is 7.12. The van der Waals surface area contributed by atoms with Crippen molar-refractivity contribution in [3.05, 3.63) is 65.5 Å². The number of amides is 1. The van der Waals surface area contributed by atoms with Crippen LogP contribution in [0.1, 0.15) is 30.5 Å². The third-order valence-electron chi connectivity index (χ3n) is 3.68. The molecule has 0 unspecified atom stereocenters. The molecule has 2 aromatic rings. The normalized spacial score (nSPS) is 11.8. The number of carbonyl (C=O) groups excluding carboxylic acids is 1. The number of hydrogen-bond donors (Lipinski definition) is 1. The van der Waals surface area contributed by atoms with E-state index < -0.39 is 0 Å². The smallest absolute Gasteiger partial charge is 0.230 e. The molecule has 0 saturated carbocycles. The van der Waals surface area contributed by atoms with Gasteiger partial charge in [0.2, 0.25) is 5.91 Å². The van der Waals surface area contributed by atoms with E-state index in [1.165, 1.54) is 23.9 Å². The maximum Gasteiger partial charge on any atom is 0.230 e. The first-order valence-electron chi connectivity index (χ1n) is 7.88. The third-order valence-corrected chi connectivity index (χ3v) is 4.68. The van der Waals surface area contributed by atoms with Crippen molar-refractivity contribution < 1.29 is 13.9 Å². The lowest BCUT2D eigenvalue weighted by Gasteiger charge is -2.17. The zero-order valence-electron chi connectivity index (χ0n) is 13.9. The number of ether oxygens (including phenoxy) is 1. The first-order valence-corrected chi connectivity index (χ1v) is 9.03. The highest BCUT2D eigenvalue weighted by molar-refractivity contribution is 7.99. The van der Waals surface area contributed by atoms with Crippen LogP contribution in [0.2, 0.25) is 0 Å². The van der Waals surface area contributed by atoms with Crippen LogP contribution in [-0.2, 0) is 10.5 Å². The standard InChI is InChI=1S/C19H22FNO2S/c1-3-18(15-6-10-17(23-2)11-7-15)21-19(22)13-24-12-14-4-8-16(20)9-5-14/h4-11,18H,3,12-13H2,1-2H3,(H,21,22)/t18-/m1/s1. The molecule has 0 heterocycles. The summed E-state index contributed by atoms with van der Waals surface area (Å²) in [5.74, 6) is 1.63. The van der Waals surface area contributed by atoms with Gasteiger partial charge in [-0.05, 0) is 41.8 Å². The quantitative estimate of drug-likeness (QED) is 0.772. The van der Waals surface area contributed by atoms with Crippen LogP contribution in [-0.4, -0.2) is 18.8 Å². The summed E-state index contributed by atoms with van der Waals surface area (Å²) < 4.78 is 18.0. The number of thioether (sulfide) groups is 1. The SMILES string of the molecule is CC[C@@H](NC(=O)CSCc1ccc(F)cc1)c1ccc(OC)cc1. The minimum Gasteiger partial charge on any atom is -0.497 e. The van der Waals surface area contributed by atoms with E-state index in [2.05, 4.69) is 5.32 Å². The lowest BCUT2D eigenvalue weighted by atomic mass is 10.0. The highest BCUT2D eigenvalue weighted by atomic mass is 32.2. The average molecular weight is 347 g/mol. The van der Waals surface area contributed by atoms with Gasteiger partial charge in [0.15, 0.2) is 0 Å². The van der Waals surface area contributed by atoms with Gasteiger partial charge in [-0.15, -0.1) is 11.8 Å². The molecule has 0 aromatic heterocycles. The molecule has 0 bridgehead atoms. The summed E-state index contributed by atoms with van der Waals surface area (Å²) in [5.41, 5.74) is 2.08. The Balaban J connectivity index is 1.81. The van der Waals surface area contributed by atoms with Gasteiger partial charge in [0, 0.05) is 5.75 Å². The molecule has 0 aliphatic heterocycles. The number of halogens is 1. The van der Waals surface area contributed by atoms with Crippen molar-refractivity contribution in [1.29, 1.82) is 0 Å². The molecule has 0 saturated heterocycles. The Morgan fingerprint density at radius 1 is 1.17 bits per heavy atom. The molecule has 0 aliphatic rings. The van der Waals surface area contributed by atoms with Crippen LogP contribution in [0.5, 0.6) is 5.75 Å². The maximum absolute atomic E-state index is 12.8. The molecular formula is C19H22FNO2S. The van der Waals surface area contributed by atoms with Crippen molar-refractivity contribution >= 4 is 17.7 Å². The average Bonchev–Trinajstić information content (AvgIpc) is 2.61. The Labute approximate surface area is 146 Å². The van der Waals surface area contributed by atoms with Crippen molar-refractivity contribution in [1.82, 2.24) is 5.32 Å². The van der Waals surface area contributed by atoms with Gasteiger partial charge < -0.3 is 10.1 Å². The van der Waals surface area contributed by atoms with Crippen LogP contribution in [0.3, 0.4) is 0 Å². The molecule has 0 fully saturated rings. The van der Waals surface area contributed by atoms with Gasteiger partial charge in [0.25, 0.3) is 0 Å². The van der Waals surface area contributed by atoms with Crippen molar-refractivity contribution in [2.75, 3.05) is 12.9 Å². The van der Waals surface area contributed by atoms with E-state index in [0.717, 1.165) is 23.3 Å². The molecule has 2 rings (SSSR count). The summed E-state index contributed by atoms with van der Waals surface area (Å²) in [5, 5.41) is 3.06. The Morgan fingerprint density at radius 3 is 2.42 bits per heavy atom. The number of carbonyl (C=O) groups is 1. The predicted molar refractivity (Wildman–Crippen MR) is 96.7 cm³/mol.